The molecule has 16 heavy (non-hydrogen) atoms. The molecule has 0 fully saturated rings. The molecule has 1 rings (SSSR count). The molecular formula is C15H24O. The molecule has 0 aliphatic heterocycles. The van der Waals surface area contributed by atoms with Gasteiger partial charge in [-0.1, -0.05) is 50.1 Å². The smallest absolute Gasteiger partial charge is 0.0666 e. The minimum atomic E-state index is -0.0465. The first kappa shape index (κ1) is 13.2. The zero-order valence-corrected chi connectivity index (χ0v) is 10.8. The second kappa shape index (κ2) is 6.70. The van der Waals surface area contributed by atoms with Gasteiger partial charge in [0.15, 0.2) is 0 Å². The first-order valence-corrected chi connectivity index (χ1v) is 6.32. The van der Waals surface area contributed by atoms with Crippen LogP contribution in [0.25, 0.3) is 0 Å². The maximum absolute atomic E-state index is 5.94. The summed E-state index contributed by atoms with van der Waals surface area (Å²) < 4.78 is 5.94. The zero-order valence-electron chi connectivity index (χ0n) is 10.8. The van der Waals surface area contributed by atoms with Crippen LogP contribution in [0.1, 0.15) is 45.6 Å². The molecule has 0 aliphatic carbocycles. The molecule has 0 heterocycles. The van der Waals surface area contributed by atoms with Crippen molar-refractivity contribution >= 4 is 0 Å². The average Bonchev–Trinajstić information content (AvgIpc) is 2.25. The van der Waals surface area contributed by atoms with Gasteiger partial charge in [-0.3, -0.25) is 0 Å². The summed E-state index contributed by atoms with van der Waals surface area (Å²) in [6.45, 7) is 7.45. The van der Waals surface area contributed by atoms with Crippen LogP contribution in [0.2, 0.25) is 0 Å². The molecule has 1 heteroatoms. The normalized spacial score (nSPS) is 11.7. The predicted octanol–water partition coefficient (Wildman–Crippen LogP) is 4.21. The summed E-state index contributed by atoms with van der Waals surface area (Å²) in [6.07, 6.45) is 4.68. The predicted molar refractivity (Wildman–Crippen MR) is 69.7 cm³/mol. The molecular weight excluding hydrogens is 196 g/mol. The molecule has 1 aromatic carbocycles. The summed E-state index contributed by atoms with van der Waals surface area (Å²) in [6, 6.07) is 10.6. The topological polar surface area (TPSA) is 9.23 Å². The highest BCUT2D eigenvalue weighted by atomic mass is 16.5. The molecule has 0 aromatic heterocycles. The van der Waals surface area contributed by atoms with Crippen molar-refractivity contribution in [3.63, 3.8) is 0 Å². The molecule has 0 atom stereocenters. The molecule has 0 radical (unpaired) electrons. The van der Waals surface area contributed by atoms with E-state index in [1.54, 1.807) is 0 Å². The van der Waals surface area contributed by atoms with Gasteiger partial charge in [-0.2, -0.15) is 0 Å². The maximum Gasteiger partial charge on any atom is 0.0666 e. The number of hydrogen-bond acceptors (Lipinski definition) is 1. The average molecular weight is 220 g/mol. The van der Waals surface area contributed by atoms with E-state index in [-0.39, 0.29) is 5.60 Å². The fourth-order valence-electron chi connectivity index (χ4n) is 1.84. The SMILES string of the molecule is CCCCCOC(C)(C)Cc1ccccc1. The molecule has 0 unspecified atom stereocenters. The Hall–Kier alpha value is -0.820. The van der Waals surface area contributed by atoms with Crippen molar-refractivity contribution in [2.24, 2.45) is 0 Å². The Balaban J connectivity index is 2.33. The fourth-order valence-corrected chi connectivity index (χ4v) is 1.84. The standard InChI is InChI=1S/C15H24O/c1-4-5-9-12-16-15(2,3)13-14-10-7-6-8-11-14/h6-8,10-11H,4-5,9,12-13H2,1-3H3. The second-order valence-corrected chi connectivity index (χ2v) is 4.98. The zero-order chi connectivity index (χ0) is 11.9. The van der Waals surface area contributed by atoms with E-state index in [1.165, 1.54) is 24.8 Å². The molecule has 0 bridgehead atoms. The number of rotatable bonds is 7. The van der Waals surface area contributed by atoms with Crippen LogP contribution >= 0.6 is 0 Å². The Morgan fingerprint density at radius 2 is 1.75 bits per heavy atom. The molecule has 0 saturated carbocycles. The van der Waals surface area contributed by atoms with E-state index in [0.717, 1.165) is 13.0 Å². The molecule has 0 amide bonds. The van der Waals surface area contributed by atoms with Crippen molar-refractivity contribution in [2.45, 2.75) is 52.1 Å². The van der Waals surface area contributed by atoms with Crippen LogP contribution in [0.15, 0.2) is 30.3 Å². The van der Waals surface area contributed by atoms with Crippen LogP contribution in [0, 0.1) is 0 Å². The lowest BCUT2D eigenvalue weighted by Gasteiger charge is -2.25. The highest BCUT2D eigenvalue weighted by Gasteiger charge is 2.18. The van der Waals surface area contributed by atoms with Gasteiger partial charge in [0.1, 0.15) is 0 Å². The van der Waals surface area contributed by atoms with Gasteiger partial charge in [0.05, 0.1) is 5.60 Å². The van der Waals surface area contributed by atoms with Crippen LogP contribution in [0.5, 0.6) is 0 Å². The van der Waals surface area contributed by atoms with Gasteiger partial charge in [-0.25, -0.2) is 0 Å². The third kappa shape index (κ3) is 5.32. The van der Waals surface area contributed by atoms with E-state index >= 15 is 0 Å². The third-order valence-corrected chi connectivity index (χ3v) is 2.71. The van der Waals surface area contributed by atoms with Crippen LogP contribution in [-0.2, 0) is 11.2 Å². The summed E-state index contributed by atoms with van der Waals surface area (Å²) in [5.41, 5.74) is 1.30. The van der Waals surface area contributed by atoms with Crippen molar-refractivity contribution in [1.82, 2.24) is 0 Å². The third-order valence-electron chi connectivity index (χ3n) is 2.71. The van der Waals surface area contributed by atoms with Gasteiger partial charge in [0.25, 0.3) is 0 Å². The van der Waals surface area contributed by atoms with Crippen LogP contribution < -0.4 is 0 Å². The molecule has 1 nitrogen and oxygen atoms in total. The summed E-state index contributed by atoms with van der Waals surface area (Å²) in [4.78, 5) is 0. The van der Waals surface area contributed by atoms with E-state index in [0.29, 0.717) is 0 Å². The van der Waals surface area contributed by atoms with Crippen LogP contribution in [0.4, 0.5) is 0 Å². The molecule has 0 spiro atoms. The highest BCUT2D eigenvalue weighted by molar-refractivity contribution is 5.16. The van der Waals surface area contributed by atoms with E-state index in [2.05, 4.69) is 51.1 Å². The molecule has 1 aromatic rings. The summed E-state index contributed by atoms with van der Waals surface area (Å²) in [7, 11) is 0. The second-order valence-electron chi connectivity index (χ2n) is 4.98. The van der Waals surface area contributed by atoms with Gasteiger partial charge < -0.3 is 4.74 Å². The van der Waals surface area contributed by atoms with Gasteiger partial charge in [-0.05, 0) is 25.8 Å². The quantitative estimate of drug-likeness (QED) is 0.625. The summed E-state index contributed by atoms with van der Waals surface area (Å²) in [5.74, 6) is 0. The number of hydrogen-bond donors (Lipinski definition) is 0. The first-order chi connectivity index (χ1) is 7.64. The lowest BCUT2D eigenvalue weighted by Crippen LogP contribution is -2.27. The maximum atomic E-state index is 5.94. The van der Waals surface area contributed by atoms with E-state index in [9.17, 15) is 0 Å². The van der Waals surface area contributed by atoms with Crippen LogP contribution in [-0.4, -0.2) is 12.2 Å². The Morgan fingerprint density at radius 3 is 2.38 bits per heavy atom. The van der Waals surface area contributed by atoms with Crippen LogP contribution in [0.3, 0.4) is 0 Å². The summed E-state index contributed by atoms with van der Waals surface area (Å²) in [5, 5.41) is 0. The van der Waals surface area contributed by atoms with Crippen molar-refractivity contribution < 1.29 is 4.74 Å². The van der Waals surface area contributed by atoms with Crippen molar-refractivity contribution in [3.8, 4) is 0 Å². The van der Waals surface area contributed by atoms with Gasteiger partial charge in [0, 0.05) is 13.0 Å². The molecule has 0 aliphatic rings. The minimum Gasteiger partial charge on any atom is -0.375 e. The van der Waals surface area contributed by atoms with Gasteiger partial charge in [-0.15, -0.1) is 0 Å². The largest absolute Gasteiger partial charge is 0.375 e. The first-order valence-electron chi connectivity index (χ1n) is 6.32. The van der Waals surface area contributed by atoms with Gasteiger partial charge >= 0.3 is 0 Å². The monoisotopic (exact) mass is 220 g/mol. The number of unbranched alkanes of at least 4 members (excludes halogenated alkanes) is 2. The van der Waals surface area contributed by atoms with Crippen molar-refractivity contribution in [3.05, 3.63) is 35.9 Å². The van der Waals surface area contributed by atoms with E-state index < -0.39 is 0 Å². The summed E-state index contributed by atoms with van der Waals surface area (Å²) >= 11 is 0. The van der Waals surface area contributed by atoms with E-state index in [1.807, 2.05) is 0 Å². The molecule has 90 valence electrons. The van der Waals surface area contributed by atoms with Crippen molar-refractivity contribution in [2.75, 3.05) is 6.61 Å². The fraction of sp³-hybridized carbons (Fsp3) is 0.600. The molecule has 0 saturated heterocycles. The number of ether oxygens (including phenoxy) is 1. The Morgan fingerprint density at radius 1 is 1.06 bits per heavy atom. The highest BCUT2D eigenvalue weighted by Crippen LogP contribution is 2.17. The van der Waals surface area contributed by atoms with E-state index in [4.69, 9.17) is 4.74 Å². The Bertz CT molecular complexity index is 277. The lowest BCUT2D eigenvalue weighted by atomic mass is 9.98. The number of benzene rings is 1. The van der Waals surface area contributed by atoms with Crippen molar-refractivity contribution in [1.29, 1.82) is 0 Å². The Kier molecular flexibility index (Phi) is 5.54. The lowest BCUT2D eigenvalue weighted by molar-refractivity contribution is -0.0186. The Labute approximate surface area is 99.8 Å². The van der Waals surface area contributed by atoms with Gasteiger partial charge in [0.2, 0.25) is 0 Å². The molecule has 0 N–H and O–H groups in total. The minimum absolute atomic E-state index is 0.0465.